The van der Waals surface area contributed by atoms with Crippen molar-refractivity contribution in [3.63, 3.8) is 0 Å². The van der Waals surface area contributed by atoms with Crippen molar-refractivity contribution in [2.75, 3.05) is 0 Å². The average Bonchev–Trinajstić information content (AvgIpc) is 0.811. The van der Waals surface area contributed by atoms with E-state index in [4.69, 9.17) is 14.0 Å². The van der Waals surface area contributed by atoms with Crippen LogP contribution in [0.2, 0.25) is 0 Å². The Bertz CT molecular complexity index is 13.5. The van der Waals surface area contributed by atoms with Crippen molar-refractivity contribution in [2.45, 2.75) is 0 Å². The molecule has 1 N–H and O–H groups in total. The fraction of sp³-hybridized carbons (Fsp3) is 0. The molecule has 0 amide bonds. The predicted molar refractivity (Wildman–Crippen MR) is 16.5 cm³/mol. The van der Waals surface area contributed by atoms with Crippen LogP contribution in [0.3, 0.4) is 0 Å². The minimum absolute atomic E-state index is 0. The molecule has 0 aromatic heterocycles. The Balaban J connectivity index is -0.0000000450. The van der Waals surface area contributed by atoms with E-state index in [1.54, 1.807) is 0 Å². The zero-order valence-corrected chi connectivity index (χ0v) is 2.40. The maximum atomic E-state index is 8.52. The topological polar surface area (TPSA) is 66.3 Å². The second-order valence-corrected chi connectivity index (χ2v) is 0.603. The van der Waals surface area contributed by atoms with Gasteiger partial charge < -0.3 is 9.32 Å². The van der Waals surface area contributed by atoms with Crippen LogP contribution in [0.25, 0.3) is 0 Å². The van der Waals surface area contributed by atoms with Crippen molar-refractivity contribution >= 4 is 103 Å². The molecule has 0 radical (unpaired) electrons. The zero-order chi connectivity index (χ0) is 3.58. The van der Waals surface area contributed by atoms with E-state index in [2.05, 4.69) is 0 Å². The minimum atomic E-state index is -2.60. The summed E-state index contributed by atoms with van der Waals surface area (Å²) in [7, 11) is -2.60. The van der Waals surface area contributed by atoms with Gasteiger partial charge in [-0.15, -0.1) is 0 Å². The summed E-state index contributed by atoms with van der Waals surface area (Å²) < 4.78 is 24.0. The fourth-order valence-electron chi connectivity index (χ4n) is 0. The van der Waals surface area contributed by atoms with Gasteiger partial charge in [-0.1, -0.05) is 0 Å². The molecule has 0 aliphatic carbocycles. The van der Waals surface area contributed by atoms with E-state index in [9.17, 15) is 0 Å². The average molecular weight is 165 g/mol. The number of halogens is 1. The van der Waals surface area contributed by atoms with Gasteiger partial charge in [0.2, 0.25) is 0 Å². The Morgan fingerprint density at radius 2 is 1.17 bits per heavy atom. The normalized spacial score (nSPS) is 6.00. The van der Waals surface area contributed by atoms with Gasteiger partial charge in [0, 0.05) is 4.66 Å². The van der Waals surface area contributed by atoms with E-state index in [1.807, 2.05) is 0 Å². The summed E-state index contributed by atoms with van der Waals surface area (Å²) in [5.41, 5.74) is 0. The molecule has 0 saturated heterocycles. The van der Waals surface area contributed by atoms with Crippen molar-refractivity contribution in [1.29, 1.82) is 0 Å². The molecule has 6 heteroatoms. The molecule has 0 fully saturated rings. The first kappa shape index (κ1) is 16.2. The first-order valence-corrected chi connectivity index (χ1v) is 1.43. The summed E-state index contributed by atoms with van der Waals surface area (Å²) in [5, 5.41) is 0. The van der Waals surface area contributed by atoms with Crippen LogP contribution in [0, 0.1) is 10.8 Å². The molecular weight excluding hydrogens is 162 g/mol. The van der Waals surface area contributed by atoms with Gasteiger partial charge in [0.05, 0.1) is 0 Å². The van der Waals surface area contributed by atoms with Crippen molar-refractivity contribution in [3.8, 4) is 0 Å². The van der Waals surface area contributed by atoms with Gasteiger partial charge in [0.25, 0.3) is 10.8 Å². The molecule has 0 aliphatic rings. The molecule has 0 saturated carbocycles. The molecule has 0 aliphatic heterocycles. The van der Waals surface area contributed by atoms with E-state index in [0.717, 1.165) is 0 Å². The molecule has 0 atom stereocenters. The van der Waals surface area contributed by atoms with E-state index in [-0.39, 0.29) is 103 Å². The molecule has 0 rings (SSSR count). The van der Waals surface area contributed by atoms with Crippen molar-refractivity contribution < 1.29 is 24.8 Å². The number of rotatable bonds is 0. The zero-order valence-electron chi connectivity index (χ0n) is 1.64. The quantitative estimate of drug-likeness (QED) is 0.369. The summed E-state index contributed by atoms with van der Waals surface area (Å²) in [6.07, 6.45) is 0. The van der Waals surface area contributed by atoms with Gasteiger partial charge in [-0.25, -0.2) is 0 Å². The maximum absolute atomic E-state index is 8.52. The van der Waals surface area contributed by atoms with Crippen molar-refractivity contribution in [1.82, 2.24) is 0 Å². The molecule has 6 heavy (non-hydrogen) atoms. The molecule has 0 heterocycles. The Labute approximate surface area is 124 Å². The summed E-state index contributed by atoms with van der Waals surface area (Å²) in [4.78, 5) is 0. The van der Waals surface area contributed by atoms with E-state index < -0.39 is 10.8 Å². The molecule has 0 aromatic rings. The fourth-order valence-corrected chi connectivity index (χ4v) is 0. The van der Waals surface area contributed by atoms with E-state index in [1.165, 1.54) is 0 Å². The third kappa shape index (κ3) is 26.1. The van der Waals surface area contributed by atoms with Crippen LogP contribution in [-0.2, 0) is 0 Å². The Morgan fingerprint density at radius 1 is 1.17 bits per heavy atom. The van der Waals surface area contributed by atoms with Crippen LogP contribution in [0.1, 0.15) is 0 Å². The molecule has 0 aromatic carbocycles. The van der Waals surface area contributed by atoms with Crippen LogP contribution in [-0.4, -0.2) is 107 Å². The second kappa shape index (κ2) is 11.3. The molecule has 0 spiro atoms. The Hall–Kier alpha value is 3.44. The third-order valence-electron chi connectivity index (χ3n) is 0. The molecule has 30 valence electrons. The van der Waals surface area contributed by atoms with Gasteiger partial charge in [-0.2, -0.15) is 0 Å². The van der Waals surface area contributed by atoms with Gasteiger partial charge in [-0.05, 0) is 0 Å². The monoisotopic (exact) mass is 164 g/mol. The molecule has 0 unspecified atom stereocenters. The number of hydrogen-bond acceptors (Lipinski definition) is 3. The smallest absolute Gasteiger partial charge is 0.282 e. The summed E-state index contributed by atoms with van der Waals surface area (Å²) >= 11 is 0. The third-order valence-corrected chi connectivity index (χ3v) is 0. The second-order valence-electron chi connectivity index (χ2n) is 0.201. The van der Waals surface area contributed by atoms with Gasteiger partial charge in [-0.3, -0.25) is 0 Å². The van der Waals surface area contributed by atoms with Gasteiger partial charge >= 0.3 is 103 Å². The first-order valence-electron chi connectivity index (χ1n) is 0.478. The molecular formula is H3ClK2O3. The summed E-state index contributed by atoms with van der Waals surface area (Å²) in [6.45, 7) is 0. The summed E-state index contributed by atoms with van der Waals surface area (Å²) in [6, 6.07) is 0. The molecule has 0 bridgehead atoms. The van der Waals surface area contributed by atoms with Crippen LogP contribution in [0.5, 0.6) is 0 Å². The van der Waals surface area contributed by atoms with E-state index >= 15 is 0 Å². The van der Waals surface area contributed by atoms with Crippen LogP contribution < -0.4 is 9.32 Å². The van der Waals surface area contributed by atoms with Crippen molar-refractivity contribution in [3.05, 3.63) is 0 Å². The minimum Gasteiger partial charge on any atom is -0.321 e. The summed E-state index contributed by atoms with van der Waals surface area (Å²) in [5.74, 6) is 0. The number of hydrogen-bond donors (Lipinski definition) is 1. The van der Waals surface area contributed by atoms with Gasteiger partial charge in [0.1, 0.15) is 0 Å². The largest absolute Gasteiger partial charge is 0.321 e. The molecule has 3 nitrogen and oxygen atoms in total. The SMILES string of the molecule is [KH].[KH].[O-][Cl+2]([O-])O. The van der Waals surface area contributed by atoms with Crippen LogP contribution in [0.4, 0.5) is 0 Å². The van der Waals surface area contributed by atoms with Crippen molar-refractivity contribution in [2.24, 2.45) is 0 Å². The first-order chi connectivity index (χ1) is 1.73. The van der Waals surface area contributed by atoms with E-state index in [0.29, 0.717) is 0 Å². The van der Waals surface area contributed by atoms with Crippen LogP contribution >= 0.6 is 0 Å². The Kier molecular flexibility index (Phi) is 30.4. The van der Waals surface area contributed by atoms with Gasteiger partial charge in [0.15, 0.2) is 0 Å². The standard InChI is InChI=1S/ClHO3.2K.2H/c2-1(3)4;;;;/h2H;;;;. The maximum Gasteiger partial charge on any atom is 0.282 e. The Morgan fingerprint density at radius 3 is 1.17 bits per heavy atom. The van der Waals surface area contributed by atoms with Crippen LogP contribution in [0.15, 0.2) is 0 Å². The predicted octanol–water partition coefficient (Wildman–Crippen LogP) is -4.23.